The van der Waals surface area contributed by atoms with E-state index in [4.69, 9.17) is 4.74 Å². The lowest BCUT2D eigenvalue weighted by molar-refractivity contribution is -0.110. The molecule has 0 saturated heterocycles. The van der Waals surface area contributed by atoms with Crippen molar-refractivity contribution in [2.75, 3.05) is 30.4 Å². The SMILES string of the molecule is CCN1/C(=C/C(=O)/C=C/c2ccc(N(C)C)cc2)Oc2ccccc21. The number of nitrogens with zero attached hydrogens (tertiary/aromatic N) is 2. The molecule has 0 aromatic heterocycles. The number of anilines is 2. The van der Waals surface area contributed by atoms with E-state index >= 15 is 0 Å². The molecule has 0 spiro atoms. The minimum Gasteiger partial charge on any atom is -0.438 e. The topological polar surface area (TPSA) is 32.8 Å². The predicted octanol–water partition coefficient (Wildman–Crippen LogP) is 4.10. The maximum atomic E-state index is 12.3. The van der Waals surface area contributed by atoms with Gasteiger partial charge in [-0.25, -0.2) is 0 Å². The molecule has 0 aliphatic carbocycles. The highest BCUT2D eigenvalue weighted by Crippen LogP contribution is 2.38. The Morgan fingerprint density at radius 1 is 1.12 bits per heavy atom. The summed E-state index contributed by atoms with van der Waals surface area (Å²) in [6.07, 6.45) is 4.92. The van der Waals surface area contributed by atoms with Crippen LogP contribution in [0.5, 0.6) is 5.75 Å². The number of allylic oxidation sites excluding steroid dienone is 2. The third kappa shape index (κ3) is 3.74. The molecule has 4 heteroatoms. The number of para-hydroxylation sites is 2. The molecule has 1 aliphatic heterocycles. The number of rotatable bonds is 5. The van der Waals surface area contributed by atoms with E-state index in [0.717, 1.165) is 29.2 Å². The second kappa shape index (κ2) is 7.26. The monoisotopic (exact) mass is 334 g/mol. The van der Waals surface area contributed by atoms with Crippen LogP contribution in [0.1, 0.15) is 12.5 Å². The fourth-order valence-corrected chi connectivity index (χ4v) is 2.72. The smallest absolute Gasteiger partial charge is 0.204 e. The van der Waals surface area contributed by atoms with E-state index in [2.05, 4.69) is 0 Å². The minimum absolute atomic E-state index is 0.0991. The van der Waals surface area contributed by atoms with Crippen LogP contribution in [-0.4, -0.2) is 26.4 Å². The summed E-state index contributed by atoms with van der Waals surface area (Å²) in [4.78, 5) is 16.3. The lowest BCUT2D eigenvalue weighted by Gasteiger charge is -2.14. The molecule has 1 aliphatic rings. The van der Waals surface area contributed by atoms with Gasteiger partial charge in [0.05, 0.1) is 5.69 Å². The maximum absolute atomic E-state index is 12.3. The molecule has 0 radical (unpaired) electrons. The van der Waals surface area contributed by atoms with Crippen LogP contribution in [0.25, 0.3) is 6.08 Å². The van der Waals surface area contributed by atoms with E-state index < -0.39 is 0 Å². The number of benzene rings is 2. The number of hydrogen-bond donors (Lipinski definition) is 0. The average Bonchev–Trinajstić information content (AvgIpc) is 2.97. The minimum atomic E-state index is -0.0991. The first-order valence-electron chi connectivity index (χ1n) is 8.34. The van der Waals surface area contributed by atoms with Crippen molar-refractivity contribution < 1.29 is 9.53 Å². The molecule has 2 aromatic carbocycles. The molecule has 0 N–H and O–H groups in total. The van der Waals surface area contributed by atoms with E-state index in [1.807, 2.05) is 85.4 Å². The van der Waals surface area contributed by atoms with Crippen LogP contribution in [0, 0.1) is 0 Å². The summed E-state index contributed by atoms with van der Waals surface area (Å²) in [6, 6.07) is 15.8. The molecule has 0 fully saturated rings. The summed E-state index contributed by atoms with van der Waals surface area (Å²) in [5.41, 5.74) is 3.11. The molecule has 4 nitrogen and oxygen atoms in total. The quantitative estimate of drug-likeness (QED) is 0.771. The zero-order valence-electron chi connectivity index (χ0n) is 14.8. The Kier molecular flexibility index (Phi) is 4.89. The van der Waals surface area contributed by atoms with Crippen LogP contribution in [0.4, 0.5) is 11.4 Å². The molecule has 1 heterocycles. The predicted molar refractivity (Wildman–Crippen MR) is 103 cm³/mol. The van der Waals surface area contributed by atoms with Gasteiger partial charge in [0.2, 0.25) is 5.88 Å². The van der Waals surface area contributed by atoms with Crippen molar-refractivity contribution in [2.24, 2.45) is 0 Å². The first kappa shape index (κ1) is 16.8. The number of carbonyl (C=O) groups excluding carboxylic acids is 1. The Morgan fingerprint density at radius 3 is 2.52 bits per heavy atom. The van der Waals surface area contributed by atoms with Crippen LogP contribution in [0.3, 0.4) is 0 Å². The lowest BCUT2D eigenvalue weighted by Crippen LogP contribution is -2.20. The normalized spacial score (nSPS) is 14.7. The van der Waals surface area contributed by atoms with E-state index in [-0.39, 0.29) is 5.78 Å². The molecule has 2 aromatic rings. The average molecular weight is 334 g/mol. The molecule has 0 amide bonds. The van der Waals surface area contributed by atoms with E-state index in [9.17, 15) is 4.79 Å². The molecule has 0 atom stereocenters. The van der Waals surface area contributed by atoms with Gasteiger partial charge in [-0.15, -0.1) is 0 Å². The summed E-state index contributed by atoms with van der Waals surface area (Å²) in [5.74, 6) is 1.26. The van der Waals surface area contributed by atoms with Gasteiger partial charge in [-0.1, -0.05) is 30.3 Å². The number of fused-ring (bicyclic) bond motifs is 1. The summed E-state index contributed by atoms with van der Waals surface area (Å²) in [5, 5.41) is 0. The Labute approximate surface area is 148 Å². The lowest BCUT2D eigenvalue weighted by atomic mass is 10.1. The van der Waals surface area contributed by atoms with Crippen LogP contribution in [0.2, 0.25) is 0 Å². The highest BCUT2D eigenvalue weighted by molar-refractivity contribution is 6.02. The third-order valence-corrected chi connectivity index (χ3v) is 4.07. The van der Waals surface area contributed by atoms with Gasteiger partial charge >= 0.3 is 0 Å². The molecule has 0 saturated carbocycles. The van der Waals surface area contributed by atoms with Crippen LogP contribution in [0.15, 0.2) is 66.6 Å². The molecular weight excluding hydrogens is 312 g/mol. The Morgan fingerprint density at radius 2 is 1.84 bits per heavy atom. The number of hydrogen-bond acceptors (Lipinski definition) is 4. The third-order valence-electron chi connectivity index (χ3n) is 4.07. The van der Waals surface area contributed by atoms with Crippen molar-refractivity contribution in [2.45, 2.75) is 6.92 Å². The van der Waals surface area contributed by atoms with Gasteiger partial charge in [-0.2, -0.15) is 0 Å². The van der Waals surface area contributed by atoms with E-state index in [1.54, 1.807) is 6.08 Å². The van der Waals surface area contributed by atoms with Crippen molar-refractivity contribution in [1.29, 1.82) is 0 Å². The number of ketones is 1. The van der Waals surface area contributed by atoms with Gasteiger partial charge in [0, 0.05) is 32.4 Å². The van der Waals surface area contributed by atoms with Crippen molar-refractivity contribution in [1.82, 2.24) is 0 Å². The number of ether oxygens (including phenoxy) is 1. The van der Waals surface area contributed by atoms with Crippen molar-refractivity contribution in [3.05, 3.63) is 72.1 Å². The Balaban J connectivity index is 1.72. The van der Waals surface area contributed by atoms with Crippen molar-refractivity contribution in [3.63, 3.8) is 0 Å². The zero-order chi connectivity index (χ0) is 17.8. The number of carbonyl (C=O) groups is 1. The Hall–Kier alpha value is -3.01. The molecule has 0 unspecified atom stereocenters. The standard InChI is InChI=1S/C21H22N2O2/c1-4-23-19-7-5-6-8-20(19)25-21(23)15-18(24)14-11-16-9-12-17(13-10-16)22(2)3/h5-15H,4H2,1-3H3/b14-11+,21-15-. The summed E-state index contributed by atoms with van der Waals surface area (Å²) in [6.45, 7) is 2.78. The van der Waals surface area contributed by atoms with Gasteiger partial charge in [0.1, 0.15) is 0 Å². The van der Waals surface area contributed by atoms with E-state index in [1.165, 1.54) is 6.08 Å². The van der Waals surface area contributed by atoms with Crippen molar-refractivity contribution in [3.8, 4) is 5.75 Å². The molecule has 0 bridgehead atoms. The largest absolute Gasteiger partial charge is 0.438 e. The van der Waals surface area contributed by atoms with Gasteiger partial charge in [0.25, 0.3) is 0 Å². The zero-order valence-corrected chi connectivity index (χ0v) is 14.8. The molecular formula is C21H22N2O2. The van der Waals surface area contributed by atoms with Crippen LogP contribution < -0.4 is 14.5 Å². The van der Waals surface area contributed by atoms with Crippen LogP contribution in [-0.2, 0) is 4.79 Å². The highest BCUT2D eigenvalue weighted by atomic mass is 16.5. The second-order valence-electron chi connectivity index (χ2n) is 6.02. The second-order valence-corrected chi connectivity index (χ2v) is 6.02. The van der Waals surface area contributed by atoms with Gasteiger partial charge in [-0.05, 0) is 42.8 Å². The molecule has 25 heavy (non-hydrogen) atoms. The first-order valence-corrected chi connectivity index (χ1v) is 8.34. The van der Waals surface area contributed by atoms with Gasteiger partial charge < -0.3 is 14.5 Å². The van der Waals surface area contributed by atoms with Gasteiger partial charge in [0.15, 0.2) is 11.5 Å². The molecule has 128 valence electrons. The van der Waals surface area contributed by atoms with Crippen LogP contribution >= 0.6 is 0 Å². The first-order chi connectivity index (χ1) is 12.1. The fraction of sp³-hybridized carbons (Fsp3) is 0.190. The van der Waals surface area contributed by atoms with Gasteiger partial charge in [-0.3, -0.25) is 4.79 Å². The Bertz CT molecular complexity index is 820. The maximum Gasteiger partial charge on any atom is 0.204 e. The summed E-state index contributed by atoms with van der Waals surface area (Å²) < 4.78 is 5.80. The van der Waals surface area contributed by atoms with E-state index in [0.29, 0.717) is 5.88 Å². The summed E-state index contributed by atoms with van der Waals surface area (Å²) in [7, 11) is 4.00. The summed E-state index contributed by atoms with van der Waals surface area (Å²) >= 11 is 0. The molecule has 3 rings (SSSR count). The highest BCUT2D eigenvalue weighted by Gasteiger charge is 2.24. The fourth-order valence-electron chi connectivity index (χ4n) is 2.72. The van der Waals surface area contributed by atoms with Crippen molar-refractivity contribution >= 4 is 23.2 Å².